The van der Waals surface area contributed by atoms with E-state index in [1.807, 2.05) is 0 Å². The van der Waals surface area contributed by atoms with Crippen LogP contribution in [0.1, 0.15) is 35.6 Å². The van der Waals surface area contributed by atoms with E-state index in [2.05, 4.69) is 10.3 Å². The van der Waals surface area contributed by atoms with E-state index in [0.29, 0.717) is 12.1 Å². The predicted molar refractivity (Wildman–Crippen MR) is 50.2 cm³/mol. The molecule has 0 spiro atoms. The van der Waals surface area contributed by atoms with Gasteiger partial charge in [-0.2, -0.15) is 0 Å². The number of carboxylic acids is 1. The van der Waals surface area contributed by atoms with Crippen molar-refractivity contribution in [3.63, 3.8) is 0 Å². The molecule has 0 aliphatic carbocycles. The Hall–Kier alpha value is -1.92. The number of hydrogen-bond acceptors (Lipinski definition) is 4. The number of amides is 1. The number of nitrogens with zero attached hydrogens (tertiary/aromatic N) is 3. The van der Waals surface area contributed by atoms with Crippen LogP contribution in [0, 0.1) is 6.92 Å². The van der Waals surface area contributed by atoms with Crippen LogP contribution in [0.3, 0.4) is 0 Å². The van der Waals surface area contributed by atoms with Crippen molar-refractivity contribution < 1.29 is 14.7 Å². The van der Waals surface area contributed by atoms with Gasteiger partial charge in [0, 0.05) is 0 Å². The van der Waals surface area contributed by atoms with E-state index >= 15 is 0 Å². The monoisotopic (exact) mass is 212 g/mol. The minimum absolute atomic E-state index is 0.00898. The van der Waals surface area contributed by atoms with Crippen molar-refractivity contribution in [1.29, 1.82) is 0 Å². The Balaban J connectivity index is 3.15. The van der Waals surface area contributed by atoms with E-state index in [0.717, 1.165) is 0 Å². The van der Waals surface area contributed by atoms with Crippen molar-refractivity contribution in [1.82, 2.24) is 15.0 Å². The Morgan fingerprint density at radius 1 is 1.60 bits per heavy atom. The third kappa shape index (κ3) is 1.95. The number of hydrogen-bond donors (Lipinski definition) is 2. The molecule has 0 saturated carbocycles. The maximum atomic E-state index is 10.9. The SMILES string of the molecule is CCC(C(=O)O)n1nnc(C(N)=O)c1C. The zero-order chi connectivity index (χ0) is 11.6. The summed E-state index contributed by atoms with van der Waals surface area (Å²) < 4.78 is 1.20. The maximum absolute atomic E-state index is 10.9. The summed E-state index contributed by atoms with van der Waals surface area (Å²) in [6, 6.07) is -0.814. The Bertz CT molecular complexity index is 399. The lowest BCUT2D eigenvalue weighted by Crippen LogP contribution is -2.21. The molecule has 0 fully saturated rings. The van der Waals surface area contributed by atoms with Crippen LogP contribution in [-0.2, 0) is 4.79 Å². The molecule has 1 aromatic heterocycles. The third-order valence-corrected chi connectivity index (χ3v) is 2.13. The summed E-state index contributed by atoms with van der Waals surface area (Å²) in [4.78, 5) is 21.7. The van der Waals surface area contributed by atoms with E-state index < -0.39 is 17.9 Å². The molecule has 0 aliphatic heterocycles. The van der Waals surface area contributed by atoms with Crippen LogP contribution in [-0.4, -0.2) is 32.0 Å². The van der Waals surface area contributed by atoms with Gasteiger partial charge in [-0.25, -0.2) is 9.48 Å². The molecule has 1 amide bonds. The van der Waals surface area contributed by atoms with E-state index in [1.54, 1.807) is 13.8 Å². The van der Waals surface area contributed by atoms with Gasteiger partial charge in [0.2, 0.25) is 0 Å². The molecule has 1 heterocycles. The first-order valence-electron chi connectivity index (χ1n) is 4.43. The summed E-state index contributed by atoms with van der Waals surface area (Å²) >= 11 is 0. The van der Waals surface area contributed by atoms with E-state index in [-0.39, 0.29) is 5.69 Å². The second-order valence-corrected chi connectivity index (χ2v) is 3.09. The summed E-state index contributed by atoms with van der Waals surface area (Å²) in [7, 11) is 0. The number of aromatic nitrogens is 3. The van der Waals surface area contributed by atoms with Gasteiger partial charge < -0.3 is 10.8 Å². The molecule has 1 unspecified atom stereocenters. The fourth-order valence-electron chi connectivity index (χ4n) is 1.32. The molecule has 0 radical (unpaired) electrons. The molecule has 1 atom stereocenters. The Labute approximate surface area is 85.9 Å². The van der Waals surface area contributed by atoms with Crippen LogP contribution in [0.15, 0.2) is 0 Å². The topological polar surface area (TPSA) is 111 Å². The van der Waals surface area contributed by atoms with Crippen molar-refractivity contribution in [2.45, 2.75) is 26.3 Å². The fraction of sp³-hybridized carbons (Fsp3) is 0.500. The van der Waals surface area contributed by atoms with E-state index in [9.17, 15) is 9.59 Å². The lowest BCUT2D eigenvalue weighted by molar-refractivity contribution is -0.141. The maximum Gasteiger partial charge on any atom is 0.328 e. The highest BCUT2D eigenvalue weighted by molar-refractivity contribution is 5.91. The van der Waals surface area contributed by atoms with Crippen LogP contribution >= 0.6 is 0 Å². The lowest BCUT2D eigenvalue weighted by atomic mass is 10.2. The molecular weight excluding hydrogens is 200 g/mol. The molecule has 1 aromatic rings. The average molecular weight is 212 g/mol. The van der Waals surface area contributed by atoms with Gasteiger partial charge in [0.05, 0.1) is 5.69 Å². The zero-order valence-corrected chi connectivity index (χ0v) is 8.47. The summed E-state index contributed by atoms with van der Waals surface area (Å²) in [5, 5.41) is 16.1. The Morgan fingerprint density at radius 2 is 2.20 bits per heavy atom. The van der Waals surface area contributed by atoms with Crippen LogP contribution in [0.25, 0.3) is 0 Å². The fourth-order valence-corrected chi connectivity index (χ4v) is 1.32. The third-order valence-electron chi connectivity index (χ3n) is 2.13. The van der Waals surface area contributed by atoms with Gasteiger partial charge in [-0.1, -0.05) is 12.1 Å². The summed E-state index contributed by atoms with van der Waals surface area (Å²) in [6.07, 6.45) is 0.359. The van der Waals surface area contributed by atoms with Crippen molar-refractivity contribution in [3.8, 4) is 0 Å². The zero-order valence-electron chi connectivity index (χ0n) is 8.47. The molecule has 3 N–H and O–H groups in total. The van der Waals surface area contributed by atoms with Crippen molar-refractivity contribution in [2.24, 2.45) is 5.73 Å². The number of carbonyl (C=O) groups excluding carboxylic acids is 1. The first-order valence-corrected chi connectivity index (χ1v) is 4.43. The van der Waals surface area contributed by atoms with Crippen molar-refractivity contribution >= 4 is 11.9 Å². The molecule has 0 aliphatic rings. The highest BCUT2D eigenvalue weighted by Crippen LogP contribution is 2.14. The molecular formula is C8H12N4O3. The van der Waals surface area contributed by atoms with Gasteiger partial charge in [0.25, 0.3) is 5.91 Å². The van der Waals surface area contributed by atoms with Crippen LogP contribution in [0.2, 0.25) is 0 Å². The second kappa shape index (κ2) is 4.07. The number of aliphatic carboxylic acids is 1. The highest BCUT2D eigenvalue weighted by atomic mass is 16.4. The normalized spacial score (nSPS) is 12.4. The average Bonchev–Trinajstić information content (AvgIpc) is 2.49. The number of rotatable bonds is 4. The Kier molecular flexibility index (Phi) is 3.03. The van der Waals surface area contributed by atoms with Crippen molar-refractivity contribution in [2.75, 3.05) is 0 Å². The van der Waals surface area contributed by atoms with Crippen molar-refractivity contribution in [3.05, 3.63) is 11.4 Å². The number of carbonyl (C=O) groups is 2. The molecule has 0 aromatic carbocycles. The van der Waals surface area contributed by atoms with Crippen LogP contribution in [0.5, 0.6) is 0 Å². The first kappa shape index (κ1) is 11.2. The smallest absolute Gasteiger partial charge is 0.328 e. The number of nitrogens with two attached hydrogens (primary N) is 1. The molecule has 7 heteroatoms. The summed E-state index contributed by atoms with van der Waals surface area (Å²) in [5.74, 6) is -1.72. The van der Waals surface area contributed by atoms with Gasteiger partial charge in [0.15, 0.2) is 11.7 Å². The van der Waals surface area contributed by atoms with E-state index in [4.69, 9.17) is 10.8 Å². The first-order chi connectivity index (χ1) is 6.99. The van der Waals surface area contributed by atoms with Gasteiger partial charge in [-0.05, 0) is 13.3 Å². The molecule has 0 saturated heterocycles. The minimum atomic E-state index is -1.01. The second-order valence-electron chi connectivity index (χ2n) is 3.09. The molecule has 15 heavy (non-hydrogen) atoms. The quantitative estimate of drug-likeness (QED) is 0.713. The van der Waals surface area contributed by atoms with E-state index in [1.165, 1.54) is 4.68 Å². The highest BCUT2D eigenvalue weighted by Gasteiger charge is 2.23. The summed E-state index contributed by atoms with van der Waals surface area (Å²) in [5.41, 5.74) is 5.42. The molecule has 0 bridgehead atoms. The predicted octanol–water partition coefficient (Wildman–Crippen LogP) is -0.279. The van der Waals surface area contributed by atoms with Gasteiger partial charge in [-0.3, -0.25) is 4.79 Å². The van der Waals surface area contributed by atoms with Crippen LogP contribution in [0.4, 0.5) is 0 Å². The Morgan fingerprint density at radius 3 is 2.53 bits per heavy atom. The minimum Gasteiger partial charge on any atom is -0.480 e. The van der Waals surface area contributed by atoms with Gasteiger partial charge >= 0.3 is 5.97 Å². The van der Waals surface area contributed by atoms with Gasteiger partial charge in [0.1, 0.15) is 0 Å². The van der Waals surface area contributed by atoms with Crippen LogP contribution < -0.4 is 5.73 Å². The number of carboxylic acid groups (broad SMARTS) is 1. The molecule has 1 rings (SSSR count). The largest absolute Gasteiger partial charge is 0.480 e. The molecule has 82 valence electrons. The standard InChI is InChI=1S/C8H12N4O3/c1-3-5(8(14)15)12-4(2)6(7(9)13)10-11-12/h5H,3H2,1-2H3,(H2,9,13)(H,14,15). The molecule has 7 nitrogen and oxygen atoms in total. The van der Waals surface area contributed by atoms with Gasteiger partial charge in [-0.15, -0.1) is 5.10 Å². The number of primary amides is 1. The lowest BCUT2D eigenvalue weighted by Gasteiger charge is -2.10. The summed E-state index contributed by atoms with van der Waals surface area (Å²) in [6.45, 7) is 3.27.